The first-order valence-corrected chi connectivity index (χ1v) is 10.0. The second-order valence-electron chi connectivity index (χ2n) is 7.21. The van der Waals surface area contributed by atoms with Gasteiger partial charge in [-0.1, -0.05) is 29.8 Å². The van der Waals surface area contributed by atoms with Gasteiger partial charge in [-0.15, -0.1) is 0 Å². The average Bonchev–Trinajstić information content (AvgIpc) is 3.14. The molecule has 3 heterocycles. The summed E-state index contributed by atoms with van der Waals surface area (Å²) in [5.74, 6) is 0.762. The van der Waals surface area contributed by atoms with Gasteiger partial charge < -0.3 is 15.0 Å². The second kappa shape index (κ2) is 7.25. The predicted octanol–water partition coefficient (Wildman–Crippen LogP) is 4.45. The molecule has 0 unspecified atom stereocenters. The van der Waals surface area contributed by atoms with Crippen molar-refractivity contribution in [1.82, 2.24) is 19.5 Å². The van der Waals surface area contributed by atoms with Crippen molar-refractivity contribution in [3.63, 3.8) is 0 Å². The van der Waals surface area contributed by atoms with Gasteiger partial charge in [-0.2, -0.15) is 9.61 Å². The molecule has 0 atom stereocenters. The summed E-state index contributed by atoms with van der Waals surface area (Å²) in [6, 6.07) is 9.47. The quantitative estimate of drug-likeness (QED) is 0.604. The zero-order valence-electron chi connectivity index (χ0n) is 15.4. The highest BCUT2D eigenvalue weighted by molar-refractivity contribution is 9.10. The molecule has 4 rings (SSSR count). The van der Waals surface area contributed by atoms with E-state index >= 15 is 0 Å². The minimum absolute atomic E-state index is 0.287. The van der Waals surface area contributed by atoms with E-state index in [9.17, 15) is 4.79 Å². The molecule has 1 aliphatic rings. The lowest BCUT2D eigenvalue weighted by molar-refractivity contribution is 0.0859. The van der Waals surface area contributed by atoms with Gasteiger partial charge in [0.05, 0.1) is 22.9 Å². The number of ether oxygens (including phenoxy) is 1. The number of benzene rings is 1. The molecule has 0 spiro atoms. The smallest absolute Gasteiger partial charge is 0.410 e. The van der Waals surface area contributed by atoms with Gasteiger partial charge in [-0.25, -0.2) is 9.78 Å². The Morgan fingerprint density at radius 3 is 2.86 bits per heavy atom. The van der Waals surface area contributed by atoms with Crippen LogP contribution in [0.25, 0.3) is 16.9 Å². The van der Waals surface area contributed by atoms with Gasteiger partial charge in [0.1, 0.15) is 11.4 Å². The highest BCUT2D eigenvalue weighted by Gasteiger charge is 2.36. The van der Waals surface area contributed by atoms with Gasteiger partial charge >= 0.3 is 6.09 Å². The van der Waals surface area contributed by atoms with Crippen LogP contribution in [0.5, 0.6) is 0 Å². The van der Waals surface area contributed by atoms with E-state index in [1.165, 1.54) is 0 Å². The number of hydrogen-bond donors (Lipinski definition) is 1. The molecule has 0 saturated carbocycles. The third-order valence-electron chi connectivity index (χ3n) is 4.46. The number of nitrogens with one attached hydrogen (secondary N) is 1. The van der Waals surface area contributed by atoms with E-state index in [-0.39, 0.29) is 6.09 Å². The first-order chi connectivity index (χ1) is 13.3. The Morgan fingerprint density at radius 2 is 2.14 bits per heavy atom. The molecule has 1 saturated heterocycles. The number of cyclic esters (lactones) is 1. The number of hydrogen-bond acceptors (Lipinski definition) is 5. The van der Waals surface area contributed by atoms with Gasteiger partial charge in [-0.3, -0.25) is 0 Å². The third kappa shape index (κ3) is 3.66. The zero-order valence-corrected chi connectivity index (χ0v) is 17.8. The Bertz CT molecular complexity index is 1050. The summed E-state index contributed by atoms with van der Waals surface area (Å²) in [5, 5.41) is 8.35. The number of anilines is 1. The Morgan fingerprint density at radius 1 is 1.36 bits per heavy atom. The van der Waals surface area contributed by atoms with Crippen molar-refractivity contribution in [2.45, 2.75) is 19.4 Å². The third-order valence-corrected chi connectivity index (χ3v) is 5.35. The number of nitrogens with zero attached hydrogens (tertiary/aromatic N) is 4. The van der Waals surface area contributed by atoms with Crippen LogP contribution >= 0.6 is 27.5 Å². The molecule has 9 heteroatoms. The van der Waals surface area contributed by atoms with Crippen molar-refractivity contribution in [1.29, 1.82) is 0 Å². The topological polar surface area (TPSA) is 71.8 Å². The fraction of sp³-hybridized carbons (Fsp3) is 0.316. The normalized spacial score (nSPS) is 15.9. The van der Waals surface area contributed by atoms with Crippen LogP contribution in [0.1, 0.15) is 13.8 Å². The summed E-state index contributed by atoms with van der Waals surface area (Å²) in [4.78, 5) is 18.3. The lowest BCUT2D eigenvalue weighted by Crippen LogP contribution is -2.32. The summed E-state index contributed by atoms with van der Waals surface area (Å²) in [5.41, 5.74) is 1.81. The van der Waals surface area contributed by atoms with E-state index in [1.807, 2.05) is 44.2 Å². The molecule has 1 N–H and O–H groups in total. The van der Waals surface area contributed by atoms with Crippen molar-refractivity contribution >= 4 is 45.1 Å². The first kappa shape index (κ1) is 19.0. The van der Waals surface area contributed by atoms with Gasteiger partial charge in [0.2, 0.25) is 0 Å². The van der Waals surface area contributed by atoms with Crippen LogP contribution < -0.4 is 5.32 Å². The highest BCUT2D eigenvalue weighted by Crippen LogP contribution is 2.30. The van der Waals surface area contributed by atoms with Gasteiger partial charge in [0.25, 0.3) is 0 Å². The number of carbonyl (C=O) groups excluding carboxylic acids is 1. The van der Waals surface area contributed by atoms with Crippen LogP contribution in [0.2, 0.25) is 5.02 Å². The summed E-state index contributed by atoms with van der Waals surface area (Å²) in [6.07, 6.45) is 1.41. The summed E-state index contributed by atoms with van der Waals surface area (Å²) in [7, 11) is 0. The van der Waals surface area contributed by atoms with Gasteiger partial charge in [0, 0.05) is 29.7 Å². The fourth-order valence-corrected chi connectivity index (χ4v) is 3.80. The highest BCUT2D eigenvalue weighted by atomic mass is 79.9. The molecule has 0 radical (unpaired) electrons. The summed E-state index contributed by atoms with van der Waals surface area (Å²) < 4.78 is 7.84. The number of rotatable bonds is 5. The van der Waals surface area contributed by atoms with E-state index in [4.69, 9.17) is 16.3 Å². The van der Waals surface area contributed by atoms with Crippen molar-refractivity contribution in [2.24, 2.45) is 0 Å². The Hall–Kier alpha value is -2.32. The van der Waals surface area contributed by atoms with Crippen LogP contribution in [-0.2, 0) is 4.74 Å². The van der Waals surface area contributed by atoms with E-state index in [0.717, 1.165) is 21.5 Å². The molecule has 0 bridgehead atoms. The van der Waals surface area contributed by atoms with Crippen molar-refractivity contribution < 1.29 is 9.53 Å². The Balaban J connectivity index is 1.60. The van der Waals surface area contributed by atoms with E-state index in [0.29, 0.717) is 30.3 Å². The molecule has 2 aromatic heterocycles. The molecule has 1 fully saturated rings. The second-order valence-corrected chi connectivity index (χ2v) is 8.47. The van der Waals surface area contributed by atoms with Gasteiger partial charge in [-0.05, 0) is 35.8 Å². The number of amides is 1. The zero-order chi connectivity index (χ0) is 19.9. The summed E-state index contributed by atoms with van der Waals surface area (Å²) in [6.45, 7) is 5.45. The molecule has 3 aromatic rings. The maximum atomic E-state index is 12.0. The molecule has 1 aromatic carbocycles. The maximum absolute atomic E-state index is 12.0. The molecule has 0 aliphatic carbocycles. The number of fused-ring (bicyclic) bond motifs is 1. The minimum atomic E-state index is -0.453. The lowest BCUT2D eigenvalue weighted by atomic mass is 10.1. The first-order valence-electron chi connectivity index (χ1n) is 8.85. The van der Waals surface area contributed by atoms with E-state index < -0.39 is 5.60 Å². The van der Waals surface area contributed by atoms with Crippen LogP contribution in [-0.4, -0.2) is 50.8 Å². The number of aromatic nitrogens is 3. The molecular formula is C19H19BrClN5O2. The average molecular weight is 465 g/mol. The molecule has 7 nitrogen and oxygen atoms in total. The van der Waals surface area contributed by atoms with Crippen LogP contribution in [0.15, 0.2) is 41.0 Å². The fourth-order valence-electron chi connectivity index (χ4n) is 3.22. The number of carbonyl (C=O) groups is 1. The molecular weight excluding hydrogens is 446 g/mol. The Labute approximate surface area is 175 Å². The predicted molar refractivity (Wildman–Crippen MR) is 112 cm³/mol. The van der Waals surface area contributed by atoms with Crippen LogP contribution in [0.4, 0.5) is 10.6 Å². The van der Waals surface area contributed by atoms with Crippen LogP contribution in [0.3, 0.4) is 0 Å². The summed E-state index contributed by atoms with van der Waals surface area (Å²) >= 11 is 9.85. The van der Waals surface area contributed by atoms with E-state index in [1.54, 1.807) is 15.6 Å². The monoisotopic (exact) mass is 463 g/mol. The van der Waals surface area contributed by atoms with Crippen LogP contribution in [0, 0.1) is 0 Å². The standard InChI is InChI=1S/C19H19BrClN5O2/c1-19(2)11-25(18(27)28-19)8-7-22-16-9-15(12-5-3-4-6-14(12)21)24-17-13(20)10-23-26(16)17/h3-6,9-10,22H,7-8,11H2,1-2H3. The lowest BCUT2D eigenvalue weighted by Gasteiger charge is -2.17. The molecule has 146 valence electrons. The largest absolute Gasteiger partial charge is 0.441 e. The maximum Gasteiger partial charge on any atom is 0.410 e. The van der Waals surface area contributed by atoms with E-state index in [2.05, 4.69) is 31.3 Å². The van der Waals surface area contributed by atoms with Gasteiger partial charge in [0.15, 0.2) is 5.65 Å². The SMILES string of the molecule is CC1(C)CN(CCNc2cc(-c3ccccc3Cl)nc3c(Br)cnn23)C(=O)O1. The van der Waals surface area contributed by atoms with Crippen molar-refractivity contribution in [3.8, 4) is 11.3 Å². The van der Waals surface area contributed by atoms with Crippen molar-refractivity contribution in [3.05, 3.63) is 46.0 Å². The molecule has 1 aliphatic heterocycles. The van der Waals surface area contributed by atoms with Crippen molar-refractivity contribution in [2.75, 3.05) is 25.0 Å². The molecule has 1 amide bonds. The minimum Gasteiger partial charge on any atom is -0.441 e. The Kier molecular flexibility index (Phi) is 4.93. The molecule has 28 heavy (non-hydrogen) atoms. The number of halogens is 2.